The lowest BCUT2D eigenvalue weighted by atomic mass is 9.90. The predicted molar refractivity (Wildman–Crippen MR) is 108 cm³/mol. The van der Waals surface area contributed by atoms with Gasteiger partial charge in [-0.15, -0.1) is 0 Å². The van der Waals surface area contributed by atoms with Crippen LogP contribution in [-0.4, -0.2) is 61.4 Å². The first-order chi connectivity index (χ1) is 14.2. The van der Waals surface area contributed by atoms with E-state index in [1.54, 1.807) is 18.3 Å². The van der Waals surface area contributed by atoms with Gasteiger partial charge in [0, 0.05) is 44.0 Å². The lowest BCUT2D eigenvalue weighted by Gasteiger charge is -2.53. The number of rotatable bonds is 3. The molecule has 0 amide bonds. The van der Waals surface area contributed by atoms with Crippen LogP contribution in [0.25, 0.3) is 0 Å². The summed E-state index contributed by atoms with van der Waals surface area (Å²) in [5.74, 6) is 1.17. The maximum atomic E-state index is 13.7. The molecule has 6 rings (SSSR count). The molecule has 2 aromatic rings. The molecule has 4 saturated heterocycles. The summed E-state index contributed by atoms with van der Waals surface area (Å²) in [7, 11) is 0. The van der Waals surface area contributed by atoms with Crippen molar-refractivity contribution < 1.29 is 9.13 Å². The average molecular weight is 394 g/mol. The highest BCUT2D eigenvalue weighted by Gasteiger charge is 2.40. The minimum atomic E-state index is -0.210. The predicted octanol–water partition coefficient (Wildman–Crippen LogP) is 2.18. The molecule has 0 radical (unpaired) electrons. The van der Waals surface area contributed by atoms with Gasteiger partial charge >= 0.3 is 0 Å². The summed E-state index contributed by atoms with van der Waals surface area (Å²) in [5.41, 5.74) is 1.43. The molecule has 7 nitrogen and oxygen atoms in total. The molecule has 8 heteroatoms. The zero-order chi connectivity index (χ0) is 19.8. The molecule has 150 valence electrons. The van der Waals surface area contributed by atoms with Crippen LogP contribution in [0.15, 0.2) is 30.5 Å². The fourth-order valence-electron chi connectivity index (χ4n) is 4.64. The topological polar surface area (TPSA) is 68.5 Å². The third-order valence-corrected chi connectivity index (χ3v) is 6.11. The highest BCUT2D eigenvalue weighted by atomic mass is 19.1. The Labute approximate surface area is 169 Å². The highest BCUT2D eigenvalue weighted by Crippen LogP contribution is 2.36. The summed E-state index contributed by atoms with van der Waals surface area (Å²) < 4.78 is 19.1. The number of hydrogen-bond acceptors (Lipinski definition) is 7. The number of piperidine rings is 2. The average Bonchev–Trinajstić information content (AvgIpc) is 2.79. The number of fused-ring (bicyclic) bond motifs is 3. The highest BCUT2D eigenvalue weighted by molar-refractivity contribution is 5.60. The fourth-order valence-corrected chi connectivity index (χ4v) is 4.64. The lowest BCUT2D eigenvalue weighted by Crippen LogP contribution is -2.63. The van der Waals surface area contributed by atoms with Gasteiger partial charge < -0.3 is 19.4 Å². The van der Waals surface area contributed by atoms with Gasteiger partial charge in [0.15, 0.2) is 5.82 Å². The molecule has 4 aliphatic rings. The van der Waals surface area contributed by atoms with Crippen LogP contribution in [0, 0.1) is 17.1 Å². The number of morpholine rings is 1. The van der Waals surface area contributed by atoms with Crippen molar-refractivity contribution in [2.75, 3.05) is 54.1 Å². The van der Waals surface area contributed by atoms with Crippen LogP contribution in [0.4, 0.5) is 21.8 Å². The minimum Gasteiger partial charge on any atom is -0.378 e. The maximum absolute atomic E-state index is 13.7. The van der Waals surface area contributed by atoms with Gasteiger partial charge in [0.2, 0.25) is 5.95 Å². The van der Waals surface area contributed by atoms with Crippen LogP contribution < -0.4 is 14.7 Å². The summed E-state index contributed by atoms with van der Waals surface area (Å²) in [4.78, 5) is 15.9. The van der Waals surface area contributed by atoms with Crippen molar-refractivity contribution in [1.29, 1.82) is 5.26 Å². The van der Waals surface area contributed by atoms with Gasteiger partial charge in [0.1, 0.15) is 17.4 Å². The van der Waals surface area contributed by atoms with Gasteiger partial charge in [0.25, 0.3) is 0 Å². The van der Waals surface area contributed by atoms with E-state index in [0.29, 0.717) is 24.7 Å². The Kier molecular flexibility index (Phi) is 4.68. The van der Waals surface area contributed by atoms with Crippen molar-refractivity contribution in [3.05, 3.63) is 41.8 Å². The van der Waals surface area contributed by atoms with E-state index in [-0.39, 0.29) is 17.9 Å². The zero-order valence-electron chi connectivity index (χ0n) is 16.2. The molecule has 2 atom stereocenters. The Balaban J connectivity index is 1.43. The third kappa shape index (κ3) is 3.36. The Morgan fingerprint density at radius 2 is 1.86 bits per heavy atom. The summed E-state index contributed by atoms with van der Waals surface area (Å²) in [6.07, 6.45) is 3.74. The SMILES string of the molecule is N#Cc1cnc(N2CCOCC2)nc1N1C[C@@H]2CCC1CN2c1cccc(F)c1. The molecule has 0 spiro atoms. The van der Waals surface area contributed by atoms with Crippen molar-refractivity contribution in [1.82, 2.24) is 9.97 Å². The molecule has 4 fully saturated rings. The van der Waals surface area contributed by atoms with E-state index in [0.717, 1.165) is 50.5 Å². The molecule has 1 aromatic heterocycles. The second kappa shape index (κ2) is 7.48. The number of piperazine rings is 1. The number of halogens is 1. The number of anilines is 3. The van der Waals surface area contributed by atoms with Gasteiger partial charge in [-0.3, -0.25) is 0 Å². The van der Waals surface area contributed by atoms with Crippen molar-refractivity contribution in [2.24, 2.45) is 0 Å². The maximum Gasteiger partial charge on any atom is 0.227 e. The summed E-state index contributed by atoms with van der Waals surface area (Å²) in [5, 5.41) is 9.64. The van der Waals surface area contributed by atoms with Crippen LogP contribution in [0.3, 0.4) is 0 Å². The van der Waals surface area contributed by atoms with Gasteiger partial charge in [-0.1, -0.05) is 6.07 Å². The monoisotopic (exact) mass is 394 g/mol. The summed E-state index contributed by atoms with van der Waals surface area (Å²) in [6, 6.07) is 9.58. The molecule has 0 N–H and O–H groups in total. The molecule has 1 unspecified atom stereocenters. The van der Waals surface area contributed by atoms with Gasteiger partial charge in [-0.05, 0) is 31.0 Å². The standard InChI is InChI=1S/C21H23FN6O/c22-16-2-1-3-17(10-16)27-13-19-5-4-18(27)14-28(19)20-15(11-23)12-24-21(25-20)26-6-8-29-9-7-26/h1-3,10,12,18-19H,4-9,13-14H2/t18-,19?/m0/s1. The van der Waals surface area contributed by atoms with Crippen LogP contribution in [0.1, 0.15) is 18.4 Å². The first-order valence-electron chi connectivity index (χ1n) is 10.1. The van der Waals surface area contributed by atoms with E-state index >= 15 is 0 Å². The van der Waals surface area contributed by atoms with Gasteiger partial charge in [-0.25, -0.2) is 9.37 Å². The van der Waals surface area contributed by atoms with E-state index < -0.39 is 0 Å². The van der Waals surface area contributed by atoms with E-state index in [1.807, 2.05) is 6.07 Å². The number of benzene rings is 1. The minimum absolute atomic E-state index is 0.210. The molecule has 1 aromatic carbocycles. The quantitative estimate of drug-likeness (QED) is 0.790. The summed E-state index contributed by atoms with van der Waals surface area (Å²) >= 11 is 0. The van der Waals surface area contributed by atoms with Crippen molar-refractivity contribution in [3.8, 4) is 6.07 Å². The molecular formula is C21H23FN6O. The number of aromatic nitrogens is 2. The Morgan fingerprint density at radius 3 is 2.55 bits per heavy atom. The Morgan fingerprint density at radius 1 is 1.10 bits per heavy atom. The smallest absolute Gasteiger partial charge is 0.227 e. The number of hydrogen-bond donors (Lipinski definition) is 0. The number of ether oxygens (including phenoxy) is 1. The van der Waals surface area contributed by atoms with Crippen molar-refractivity contribution >= 4 is 17.5 Å². The fraction of sp³-hybridized carbons (Fsp3) is 0.476. The Bertz CT molecular complexity index is 941. The zero-order valence-corrected chi connectivity index (χ0v) is 16.2. The van der Waals surface area contributed by atoms with Crippen LogP contribution in [0.5, 0.6) is 0 Å². The molecule has 2 bridgehead atoms. The second-order valence-electron chi connectivity index (χ2n) is 7.79. The van der Waals surface area contributed by atoms with Crippen molar-refractivity contribution in [2.45, 2.75) is 24.9 Å². The van der Waals surface area contributed by atoms with Crippen LogP contribution >= 0.6 is 0 Å². The molecular weight excluding hydrogens is 371 g/mol. The Hall–Kier alpha value is -2.92. The van der Waals surface area contributed by atoms with Gasteiger partial charge in [0.05, 0.1) is 19.4 Å². The molecule has 5 heterocycles. The van der Waals surface area contributed by atoms with E-state index in [4.69, 9.17) is 9.72 Å². The lowest BCUT2D eigenvalue weighted by molar-refractivity contribution is 0.122. The largest absolute Gasteiger partial charge is 0.378 e. The van der Waals surface area contributed by atoms with E-state index in [1.165, 1.54) is 6.07 Å². The van der Waals surface area contributed by atoms with E-state index in [9.17, 15) is 9.65 Å². The first kappa shape index (κ1) is 18.1. The van der Waals surface area contributed by atoms with Gasteiger partial charge in [-0.2, -0.15) is 10.2 Å². The molecule has 0 saturated carbocycles. The normalized spacial score (nSPS) is 23.9. The molecule has 4 aliphatic heterocycles. The molecule has 0 aliphatic carbocycles. The number of nitrogens with zero attached hydrogens (tertiary/aromatic N) is 6. The third-order valence-electron chi connectivity index (χ3n) is 6.11. The number of nitriles is 1. The van der Waals surface area contributed by atoms with Crippen molar-refractivity contribution in [3.63, 3.8) is 0 Å². The van der Waals surface area contributed by atoms with E-state index in [2.05, 4.69) is 25.8 Å². The first-order valence-corrected chi connectivity index (χ1v) is 10.1. The van der Waals surface area contributed by atoms with Crippen LogP contribution in [0.2, 0.25) is 0 Å². The molecule has 29 heavy (non-hydrogen) atoms. The second-order valence-corrected chi connectivity index (χ2v) is 7.79. The van der Waals surface area contributed by atoms with Crippen LogP contribution in [-0.2, 0) is 4.74 Å². The summed E-state index contributed by atoms with van der Waals surface area (Å²) in [6.45, 7) is 4.41.